The van der Waals surface area contributed by atoms with Crippen molar-refractivity contribution in [2.45, 2.75) is 24.0 Å². The minimum absolute atomic E-state index is 0.00856. The SMILES string of the molecule is Cc1c(OCC(F)(F)F)ccnc1CS(=O)c1nc2ccccc2[n-]1. The minimum atomic E-state index is -4.43. The van der Waals surface area contributed by atoms with E-state index in [9.17, 15) is 17.4 Å². The number of ether oxygens (including phenoxy) is 1. The van der Waals surface area contributed by atoms with Crippen LogP contribution in [0.25, 0.3) is 11.0 Å². The summed E-state index contributed by atoms with van der Waals surface area (Å²) >= 11 is 0. The van der Waals surface area contributed by atoms with Crippen molar-refractivity contribution in [3.63, 3.8) is 0 Å². The van der Waals surface area contributed by atoms with Crippen LogP contribution < -0.4 is 9.72 Å². The smallest absolute Gasteiger partial charge is 0.422 e. The van der Waals surface area contributed by atoms with E-state index >= 15 is 0 Å². The lowest BCUT2D eigenvalue weighted by molar-refractivity contribution is -0.153. The highest BCUT2D eigenvalue weighted by Gasteiger charge is 2.28. The van der Waals surface area contributed by atoms with Gasteiger partial charge in [0.05, 0.1) is 22.2 Å². The number of aromatic nitrogens is 3. The lowest BCUT2D eigenvalue weighted by atomic mass is 10.2. The van der Waals surface area contributed by atoms with Crippen LogP contribution in [0, 0.1) is 6.92 Å². The molecule has 3 rings (SSSR count). The number of nitrogens with zero attached hydrogens (tertiary/aromatic N) is 3. The summed E-state index contributed by atoms with van der Waals surface area (Å²) in [5.74, 6) is 0.0543. The topological polar surface area (TPSA) is 66.2 Å². The molecule has 0 aliphatic carbocycles. The van der Waals surface area contributed by atoms with Crippen molar-refractivity contribution in [3.8, 4) is 5.75 Å². The highest BCUT2D eigenvalue weighted by molar-refractivity contribution is 7.84. The van der Waals surface area contributed by atoms with E-state index in [-0.39, 0.29) is 16.7 Å². The molecule has 0 amide bonds. The zero-order valence-electron chi connectivity index (χ0n) is 13.1. The Morgan fingerprint density at radius 2 is 2.00 bits per heavy atom. The predicted molar refractivity (Wildman–Crippen MR) is 85.7 cm³/mol. The van der Waals surface area contributed by atoms with Crippen LogP contribution >= 0.6 is 0 Å². The minimum Gasteiger partial charge on any atom is -0.484 e. The lowest BCUT2D eigenvalue weighted by Gasteiger charge is -2.13. The normalized spacial score (nSPS) is 13.1. The fourth-order valence-corrected chi connectivity index (χ4v) is 3.26. The second kappa shape index (κ2) is 6.83. The molecule has 3 aromatic rings. The molecule has 132 valence electrons. The van der Waals surface area contributed by atoms with Crippen LogP contribution in [0.1, 0.15) is 11.3 Å². The Hall–Kier alpha value is -2.42. The summed E-state index contributed by atoms with van der Waals surface area (Å²) in [6.45, 7) is 0.186. The molecule has 25 heavy (non-hydrogen) atoms. The summed E-state index contributed by atoms with van der Waals surface area (Å²) in [5, 5.41) is 0.170. The first kappa shape index (κ1) is 17.4. The molecule has 1 atom stereocenters. The van der Waals surface area contributed by atoms with Crippen LogP contribution in [-0.2, 0) is 16.6 Å². The van der Waals surface area contributed by atoms with E-state index in [0.29, 0.717) is 22.3 Å². The van der Waals surface area contributed by atoms with Crippen molar-refractivity contribution in [2.75, 3.05) is 6.61 Å². The van der Waals surface area contributed by atoms with Gasteiger partial charge >= 0.3 is 6.18 Å². The number of hydrogen-bond acceptors (Lipinski definition) is 4. The third kappa shape index (κ3) is 4.16. The number of alkyl halides is 3. The third-order valence-electron chi connectivity index (χ3n) is 3.44. The van der Waals surface area contributed by atoms with Crippen LogP contribution in [0.5, 0.6) is 5.75 Å². The van der Waals surface area contributed by atoms with Gasteiger partial charge in [-0.05, 0) is 24.0 Å². The first-order valence-corrected chi connectivity index (χ1v) is 8.57. The molecule has 0 aliphatic heterocycles. The number of fused-ring (bicyclic) bond motifs is 1. The molecule has 9 heteroatoms. The van der Waals surface area contributed by atoms with Crippen molar-refractivity contribution in [1.82, 2.24) is 15.0 Å². The Balaban J connectivity index is 1.79. The maximum Gasteiger partial charge on any atom is 0.422 e. The van der Waals surface area contributed by atoms with Gasteiger partial charge in [-0.2, -0.15) is 13.2 Å². The van der Waals surface area contributed by atoms with Crippen molar-refractivity contribution in [1.29, 1.82) is 0 Å². The monoisotopic (exact) mass is 368 g/mol. The average Bonchev–Trinajstić information content (AvgIpc) is 2.99. The standard InChI is InChI=1S/C16H13F3N3O2S/c1-10-13(20-7-6-14(10)24-9-16(17,18)19)8-25(23)15-21-11-4-2-3-5-12(11)22-15/h2-7H,8-9H2,1H3/q-1. The highest BCUT2D eigenvalue weighted by Crippen LogP contribution is 2.24. The summed E-state index contributed by atoms with van der Waals surface area (Å²) in [5.41, 5.74) is 2.07. The molecule has 5 nitrogen and oxygen atoms in total. The summed E-state index contributed by atoms with van der Waals surface area (Å²) in [6, 6.07) is 8.48. The molecule has 0 radical (unpaired) electrons. The first-order valence-electron chi connectivity index (χ1n) is 7.25. The zero-order chi connectivity index (χ0) is 18.0. The molecule has 2 aromatic heterocycles. The van der Waals surface area contributed by atoms with Crippen molar-refractivity contribution in [3.05, 3.63) is 47.8 Å². The van der Waals surface area contributed by atoms with Crippen LogP contribution in [0.15, 0.2) is 41.7 Å². The lowest BCUT2D eigenvalue weighted by Crippen LogP contribution is -2.20. The van der Waals surface area contributed by atoms with Gasteiger partial charge in [0.25, 0.3) is 0 Å². The molecule has 0 saturated heterocycles. The number of para-hydroxylation sites is 2. The van der Waals surface area contributed by atoms with E-state index < -0.39 is 23.6 Å². The molecule has 0 spiro atoms. The molecule has 0 bridgehead atoms. The van der Waals surface area contributed by atoms with Crippen LogP contribution in [-0.4, -0.2) is 27.0 Å². The van der Waals surface area contributed by atoms with Gasteiger partial charge in [-0.1, -0.05) is 24.3 Å². The average molecular weight is 368 g/mol. The Morgan fingerprint density at radius 3 is 2.72 bits per heavy atom. The molecule has 2 heterocycles. The van der Waals surface area contributed by atoms with Gasteiger partial charge in [-0.15, -0.1) is 0 Å². The van der Waals surface area contributed by atoms with Gasteiger partial charge in [-0.3, -0.25) is 9.19 Å². The number of hydrogen-bond donors (Lipinski definition) is 0. The Kier molecular flexibility index (Phi) is 4.76. The highest BCUT2D eigenvalue weighted by atomic mass is 32.2. The van der Waals surface area contributed by atoms with E-state index in [1.54, 1.807) is 31.2 Å². The van der Waals surface area contributed by atoms with Gasteiger partial charge in [0.1, 0.15) is 5.75 Å². The first-order chi connectivity index (χ1) is 11.8. The Labute approximate surface area is 143 Å². The summed E-state index contributed by atoms with van der Waals surface area (Å²) < 4.78 is 54.2. The van der Waals surface area contributed by atoms with Crippen molar-refractivity contribution < 1.29 is 22.1 Å². The van der Waals surface area contributed by atoms with Gasteiger partial charge in [0, 0.05) is 16.9 Å². The van der Waals surface area contributed by atoms with Gasteiger partial charge in [0.15, 0.2) is 6.61 Å². The van der Waals surface area contributed by atoms with E-state index in [1.807, 2.05) is 0 Å². The van der Waals surface area contributed by atoms with Gasteiger partial charge in [-0.25, -0.2) is 0 Å². The van der Waals surface area contributed by atoms with Crippen LogP contribution in [0.4, 0.5) is 13.2 Å². The fourth-order valence-electron chi connectivity index (χ4n) is 2.20. The van der Waals surface area contributed by atoms with E-state index in [1.165, 1.54) is 12.3 Å². The summed E-state index contributed by atoms with van der Waals surface area (Å²) in [4.78, 5) is 12.5. The number of pyridine rings is 1. The van der Waals surface area contributed by atoms with Gasteiger partial charge < -0.3 is 14.7 Å². The zero-order valence-corrected chi connectivity index (χ0v) is 13.9. The molecular weight excluding hydrogens is 355 g/mol. The van der Waals surface area contributed by atoms with Crippen LogP contribution in [0.3, 0.4) is 0 Å². The molecule has 1 aromatic carbocycles. The van der Waals surface area contributed by atoms with E-state index in [2.05, 4.69) is 15.0 Å². The molecular formula is C16H13F3N3O2S-. The van der Waals surface area contributed by atoms with E-state index in [4.69, 9.17) is 4.74 Å². The maximum atomic E-state index is 12.5. The van der Waals surface area contributed by atoms with Crippen LogP contribution in [0.2, 0.25) is 0 Å². The second-order valence-electron chi connectivity index (χ2n) is 5.27. The largest absolute Gasteiger partial charge is 0.484 e. The second-order valence-corrected chi connectivity index (χ2v) is 6.61. The Bertz CT molecular complexity index is 891. The molecule has 1 unspecified atom stereocenters. The predicted octanol–water partition coefficient (Wildman–Crippen LogP) is 3.14. The third-order valence-corrected chi connectivity index (χ3v) is 4.56. The number of imidazole rings is 1. The summed E-state index contributed by atoms with van der Waals surface area (Å²) in [7, 11) is -1.57. The fraction of sp³-hybridized carbons (Fsp3) is 0.250. The number of benzene rings is 1. The van der Waals surface area contributed by atoms with Gasteiger partial charge in [0.2, 0.25) is 0 Å². The Morgan fingerprint density at radius 1 is 1.24 bits per heavy atom. The summed E-state index contributed by atoms with van der Waals surface area (Å²) in [6.07, 6.45) is -3.10. The number of rotatable bonds is 5. The van der Waals surface area contributed by atoms with Crippen molar-refractivity contribution in [2.24, 2.45) is 0 Å². The molecule has 0 saturated carbocycles. The molecule has 0 N–H and O–H groups in total. The number of halogens is 3. The quantitative estimate of drug-likeness (QED) is 0.692. The van der Waals surface area contributed by atoms with Crippen molar-refractivity contribution >= 4 is 21.8 Å². The molecule has 0 aliphatic rings. The van der Waals surface area contributed by atoms with E-state index in [0.717, 1.165) is 0 Å². The maximum absolute atomic E-state index is 12.5. The molecule has 0 fully saturated rings.